The average Bonchev–Trinajstić information content (AvgIpc) is 2.44. The third-order valence-corrected chi connectivity index (χ3v) is 5.80. The van der Waals surface area contributed by atoms with Gasteiger partial charge in [0, 0.05) is 25.9 Å². The monoisotopic (exact) mass is 333 g/mol. The van der Waals surface area contributed by atoms with E-state index in [0.29, 0.717) is 43.7 Å². The van der Waals surface area contributed by atoms with Gasteiger partial charge in [-0.25, -0.2) is 8.42 Å². The van der Waals surface area contributed by atoms with E-state index in [0.717, 1.165) is 16.7 Å². The van der Waals surface area contributed by atoms with E-state index < -0.39 is 10.0 Å². The van der Waals surface area contributed by atoms with E-state index in [9.17, 15) is 8.42 Å². The lowest BCUT2D eigenvalue weighted by Crippen LogP contribution is -2.34. The van der Waals surface area contributed by atoms with Gasteiger partial charge in [-0.05, 0) is 44.7 Å². The van der Waals surface area contributed by atoms with Crippen molar-refractivity contribution in [2.24, 2.45) is 0 Å². The van der Waals surface area contributed by atoms with Gasteiger partial charge in [0.1, 0.15) is 0 Å². The van der Waals surface area contributed by atoms with Crippen molar-refractivity contribution >= 4 is 10.0 Å². The first-order chi connectivity index (χ1) is 10.8. The van der Waals surface area contributed by atoms with Crippen LogP contribution < -0.4 is 0 Å². The fourth-order valence-electron chi connectivity index (χ4n) is 2.72. The third kappa shape index (κ3) is 5.06. The quantitative estimate of drug-likeness (QED) is 0.684. The summed E-state index contributed by atoms with van der Waals surface area (Å²) >= 11 is 0. The highest BCUT2D eigenvalue weighted by molar-refractivity contribution is 7.89. The van der Waals surface area contributed by atoms with Crippen molar-refractivity contribution in [2.45, 2.75) is 51.3 Å². The number of sulfonamides is 1. The maximum atomic E-state index is 13.0. The number of hydrogen-bond acceptors (Lipinski definition) is 4. The zero-order chi connectivity index (χ0) is 17.5. The van der Waals surface area contributed by atoms with Crippen molar-refractivity contribution in [3.63, 3.8) is 0 Å². The smallest absolute Gasteiger partial charge is 0.207 e. The van der Waals surface area contributed by atoms with Crippen LogP contribution in [0.1, 0.15) is 42.4 Å². The highest BCUT2D eigenvalue weighted by atomic mass is 32.2. The molecule has 0 atom stereocenters. The van der Waals surface area contributed by atoms with Gasteiger partial charge in [-0.3, -0.25) is 0 Å². The summed E-state index contributed by atoms with van der Waals surface area (Å²) in [5, 5.41) is 17.3. The average molecular weight is 333 g/mol. The highest BCUT2D eigenvalue weighted by Crippen LogP contribution is 2.25. The second kappa shape index (κ2) is 8.67. The Morgan fingerprint density at radius 2 is 1.39 bits per heavy atom. The predicted molar refractivity (Wildman–Crippen MR) is 89.1 cm³/mol. The van der Waals surface area contributed by atoms with Crippen LogP contribution in [0.5, 0.6) is 0 Å². The van der Waals surface area contributed by atoms with Gasteiger partial charge in [0.25, 0.3) is 0 Å². The van der Waals surface area contributed by atoms with Crippen molar-refractivity contribution < 1.29 is 8.42 Å². The van der Waals surface area contributed by atoms with Gasteiger partial charge in [-0.1, -0.05) is 17.7 Å². The van der Waals surface area contributed by atoms with Gasteiger partial charge >= 0.3 is 0 Å². The normalized spacial score (nSPS) is 11.2. The summed E-state index contributed by atoms with van der Waals surface area (Å²) in [6, 6.07) is 7.80. The largest absolute Gasteiger partial charge is 0.243 e. The molecule has 5 nitrogen and oxygen atoms in total. The Bertz CT molecular complexity index is 684. The number of nitrogens with zero attached hydrogens (tertiary/aromatic N) is 3. The van der Waals surface area contributed by atoms with Crippen molar-refractivity contribution in [1.82, 2.24) is 4.31 Å². The van der Waals surface area contributed by atoms with Crippen molar-refractivity contribution in [3.8, 4) is 12.1 Å². The Kier molecular flexibility index (Phi) is 7.22. The van der Waals surface area contributed by atoms with Gasteiger partial charge in [0.2, 0.25) is 10.0 Å². The van der Waals surface area contributed by atoms with Crippen molar-refractivity contribution in [2.75, 3.05) is 13.1 Å². The molecule has 0 spiro atoms. The molecule has 0 aliphatic carbocycles. The van der Waals surface area contributed by atoms with Gasteiger partial charge in [0.05, 0.1) is 17.0 Å². The maximum absolute atomic E-state index is 13.0. The lowest BCUT2D eigenvalue weighted by molar-refractivity contribution is 0.401. The molecular formula is C17H23N3O2S. The van der Waals surface area contributed by atoms with Gasteiger partial charge < -0.3 is 0 Å². The summed E-state index contributed by atoms with van der Waals surface area (Å²) < 4.78 is 27.5. The molecule has 1 aromatic carbocycles. The standard InChI is InChI=1S/C17H23N3O2S/c1-14-12-15(2)17(16(3)13-14)23(21,22)20(10-6-4-8-18)11-7-5-9-19/h12-13H,4-7,10-11H2,1-3H3. The number of unbranched alkanes of at least 4 members (excludes halogenated alkanes) is 2. The fraction of sp³-hybridized carbons (Fsp3) is 0.529. The summed E-state index contributed by atoms with van der Waals surface area (Å²) in [5.74, 6) is 0. The molecule has 6 heteroatoms. The van der Waals surface area contributed by atoms with Crippen LogP contribution >= 0.6 is 0 Å². The Labute approximate surface area is 139 Å². The van der Waals surface area contributed by atoms with E-state index in [1.807, 2.05) is 31.2 Å². The Morgan fingerprint density at radius 1 is 0.957 bits per heavy atom. The van der Waals surface area contributed by atoms with E-state index in [2.05, 4.69) is 0 Å². The van der Waals surface area contributed by atoms with Crippen LogP contribution in [0.3, 0.4) is 0 Å². The topological polar surface area (TPSA) is 85.0 Å². The number of hydrogen-bond donors (Lipinski definition) is 0. The van der Waals surface area contributed by atoms with Crippen LogP contribution in [0, 0.1) is 43.4 Å². The maximum Gasteiger partial charge on any atom is 0.243 e. The van der Waals surface area contributed by atoms with Crippen molar-refractivity contribution in [3.05, 3.63) is 28.8 Å². The summed E-state index contributed by atoms with van der Waals surface area (Å²) in [7, 11) is -3.63. The molecule has 0 aliphatic heterocycles. The number of rotatable bonds is 8. The first-order valence-corrected chi connectivity index (χ1v) is 9.10. The zero-order valence-electron chi connectivity index (χ0n) is 14.0. The number of benzene rings is 1. The molecule has 0 amide bonds. The highest BCUT2D eigenvalue weighted by Gasteiger charge is 2.27. The van der Waals surface area contributed by atoms with E-state index in [1.165, 1.54) is 4.31 Å². The van der Waals surface area contributed by atoms with E-state index in [4.69, 9.17) is 10.5 Å². The van der Waals surface area contributed by atoms with Gasteiger partial charge in [-0.2, -0.15) is 14.8 Å². The molecule has 0 radical (unpaired) electrons. The summed E-state index contributed by atoms with van der Waals surface area (Å²) in [6.45, 7) is 6.14. The number of aryl methyl sites for hydroxylation is 3. The molecule has 0 fully saturated rings. The molecule has 1 rings (SSSR count). The molecule has 0 N–H and O–H groups in total. The molecule has 0 unspecified atom stereocenters. The minimum Gasteiger partial charge on any atom is -0.207 e. The van der Waals surface area contributed by atoms with Crippen LogP contribution in [0.15, 0.2) is 17.0 Å². The molecule has 1 aromatic rings. The molecule has 23 heavy (non-hydrogen) atoms. The Morgan fingerprint density at radius 3 is 1.78 bits per heavy atom. The lowest BCUT2D eigenvalue weighted by Gasteiger charge is -2.24. The Balaban J connectivity index is 3.16. The third-order valence-electron chi connectivity index (χ3n) is 3.59. The van der Waals surface area contributed by atoms with E-state index in [1.54, 1.807) is 13.8 Å². The lowest BCUT2D eigenvalue weighted by atomic mass is 10.1. The fourth-order valence-corrected chi connectivity index (χ4v) is 4.65. The minimum atomic E-state index is -3.63. The van der Waals surface area contributed by atoms with Crippen LogP contribution in [0.25, 0.3) is 0 Å². The first kappa shape index (κ1) is 19.2. The van der Waals surface area contributed by atoms with Crippen LogP contribution in [0.4, 0.5) is 0 Å². The summed E-state index contributed by atoms with van der Waals surface area (Å²) in [5.41, 5.74) is 2.49. The van der Waals surface area contributed by atoms with Crippen molar-refractivity contribution in [1.29, 1.82) is 10.5 Å². The SMILES string of the molecule is Cc1cc(C)c(S(=O)(=O)N(CCCC#N)CCCC#N)c(C)c1. The summed E-state index contributed by atoms with van der Waals surface area (Å²) in [6.07, 6.45) is 1.62. The second-order valence-electron chi connectivity index (χ2n) is 5.66. The van der Waals surface area contributed by atoms with Gasteiger partial charge in [0.15, 0.2) is 0 Å². The zero-order valence-corrected chi connectivity index (χ0v) is 14.8. The Hall–Kier alpha value is -1.89. The minimum absolute atomic E-state index is 0.300. The molecule has 0 saturated carbocycles. The molecular weight excluding hydrogens is 310 g/mol. The van der Waals surface area contributed by atoms with Gasteiger partial charge in [-0.15, -0.1) is 0 Å². The molecule has 0 aromatic heterocycles. The predicted octanol–water partition coefficient (Wildman–Crippen LogP) is 3.21. The number of nitriles is 2. The molecule has 0 bridgehead atoms. The van der Waals surface area contributed by atoms with Crippen LogP contribution in [0.2, 0.25) is 0 Å². The molecule has 0 aliphatic rings. The molecule has 0 heterocycles. The summed E-state index contributed by atoms with van der Waals surface area (Å²) in [4.78, 5) is 0.344. The van der Waals surface area contributed by atoms with E-state index in [-0.39, 0.29) is 0 Å². The molecule has 124 valence electrons. The van der Waals surface area contributed by atoms with Crippen LogP contribution in [-0.4, -0.2) is 25.8 Å². The molecule has 0 saturated heterocycles. The van der Waals surface area contributed by atoms with E-state index >= 15 is 0 Å². The first-order valence-electron chi connectivity index (χ1n) is 7.66. The van der Waals surface area contributed by atoms with Crippen LogP contribution in [-0.2, 0) is 10.0 Å². The second-order valence-corrected chi connectivity index (χ2v) is 7.53.